The van der Waals surface area contributed by atoms with E-state index in [2.05, 4.69) is 5.32 Å². The molecule has 5 nitrogen and oxygen atoms in total. The highest BCUT2D eigenvalue weighted by atomic mass is 35.5. The van der Waals surface area contributed by atoms with Crippen LogP contribution in [0.25, 0.3) is 23.4 Å². The second kappa shape index (κ2) is 10.2. The minimum atomic E-state index is -0.167. The molecule has 174 valence electrons. The highest BCUT2D eigenvalue weighted by molar-refractivity contribution is 6.30. The lowest BCUT2D eigenvalue weighted by Gasteiger charge is -2.21. The molecule has 35 heavy (non-hydrogen) atoms. The maximum absolute atomic E-state index is 12.9. The minimum Gasteiger partial charge on any atom is -0.392 e. The fraction of sp³-hybridized carbons (Fsp3) is 0.138. The molecule has 5 rings (SSSR count). The maximum Gasteiger partial charge on any atom is 0.230 e. The van der Waals surface area contributed by atoms with Crippen LogP contribution >= 0.6 is 11.6 Å². The molecule has 0 fully saturated rings. The van der Waals surface area contributed by atoms with Crippen molar-refractivity contribution in [2.45, 2.75) is 25.9 Å². The first-order valence-electron chi connectivity index (χ1n) is 11.5. The summed E-state index contributed by atoms with van der Waals surface area (Å²) in [5.41, 5.74) is 7.21. The Morgan fingerprint density at radius 2 is 1.71 bits per heavy atom. The lowest BCUT2D eigenvalue weighted by atomic mass is 9.90. The van der Waals surface area contributed by atoms with Crippen molar-refractivity contribution >= 4 is 35.5 Å². The average Bonchev–Trinajstić information content (AvgIpc) is 2.89. The molecular formula is C29H24ClN3O2. The van der Waals surface area contributed by atoms with Gasteiger partial charge in [0, 0.05) is 10.6 Å². The first-order valence-corrected chi connectivity index (χ1v) is 11.9. The third kappa shape index (κ3) is 5.32. The Labute approximate surface area is 209 Å². The Kier molecular flexibility index (Phi) is 6.70. The van der Waals surface area contributed by atoms with Crippen LogP contribution in [-0.2, 0) is 30.7 Å². The molecule has 1 amide bonds. The van der Waals surface area contributed by atoms with Crippen LogP contribution in [0.2, 0.25) is 5.02 Å². The SMILES string of the molecule is O=C(Cc1ccc(Cl)cc1)Nc1nc2c(nc1C=Cc1ccccc1)-c1ccc(CO)cc1CC2. The van der Waals surface area contributed by atoms with Gasteiger partial charge in [0.1, 0.15) is 5.69 Å². The Balaban J connectivity index is 1.50. The number of nitrogens with zero attached hydrogens (tertiary/aromatic N) is 2. The van der Waals surface area contributed by atoms with Crippen LogP contribution in [0, 0.1) is 0 Å². The van der Waals surface area contributed by atoms with Gasteiger partial charge in [-0.2, -0.15) is 0 Å². The van der Waals surface area contributed by atoms with Gasteiger partial charge in [-0.1, -0.05) is 78.3 Å². The average molecular weight is 482 g/mol. The maximum atomic E-state index is 12.9. The number of aromatic nitrogens is 2. The molecule has 2 N–H and O–H groups in total. The standard InChI is InChI=1S/C29H24ClN3O2/c30-23-11-6-20(7-12-23)17-27(35)33-29-26(14-9-19-4-2-1-3-5-19)31-28-24-13-8-21(18-34)16-22(24)10-15-25(28)32-29/h1-9,11-14,16,34H,10,15,17-18H2,(H,32,33,35). The fourth-order valence-corrected chi connectivity index (χ4v) is 4.35. The molecule has 1 heterocycles. The molecule has 1 aliphatic carbocycles. The zero-order valence-corrected chi connectivity index (χ0v) is 19.8. The normalized spacial score (nSPS) is 12.3. The summed E-state index contributed by atoms with van der Waals surface area (Å²) in [7, 11) is 0. The van der Waals surface area contributed by atoms with Crippen molar-refractivity contribution in [3.63, 3.8) is 0 Å². The summed E-state index contributed by atoms with van der Waals surface area (Å²) in [5.74, 6) is 0.282. The van der Waals surface area contributed by atoms with Gasteiger partial charge in [-0.05, 0) is 53.3 Å². The Bertz CT molecular complexity index is 1400. The van der Waals surface area contributed by atoms with Gasteiger partial charge < -0.3 is 10.4 Å². The predicted octanol–water partition coefficient (Wildman–Crippen LogP) is 5.74. The van der Waals surface area contributed by atoms with Crippen molar-refractivity contribution in [3.8, 4) is 11.3 Å². The first-order chi connectivity index (χ1) is 17.1. The molecule has 0 saturated carbocycles. The number of benzene rings is 3. The zero-order chi connectivity index (χ0) is 24.2. The lowest BCUT2D eigenvalue weighted by molar-refractivity contribution is -0.115. The van der Waals surface area contributed by atoms with E-state index < -0.39 is 0 Å². The number of hydrogen-bond donors (Lipinski definition) is 2. The monoisotopic (exact) mass is 481 g/mol. The van der Waals surface area contributed by atoms with E-state index in [0.29, 0.717) is 23.0 Å². The van der Waals surface area contributed by atoms with E-state index in [0.717, 1.165) is 45.6 Å². The Morgan fingerprint density at radius 3 is 2.49 bits per heavy atom. The number of carbonyl (C=O) groups is 1. The van der Waals surface area contributed by atoms with Gasteiger partial charge in [-0.3, -0.25) is 4.79 Å². The van der Waals surface area contributed by atoms with Crippen molar-refractivity contribution in [1.29, 1.82) is 0 Å². The molecule has 1 aliphatic rings. The lowest BCUT2D eigenvalue weighted by Crippen LogP contribution is -2.19. The van der Waals surface area contributed by atoms with Gasteiger partial charge in [0.25, 0.3) is 0 Å². The summed E-state index contributed by atoms with van der Waals surface area (Å²) in [4.78, 5) is 22.7. The van der Waals surface area contributed by atoms with Crippen LogP contribution in [0.4, 0.5) is 5.82 Å². The number of nitrogens with one attached hydrogen (secondary N) is 1. The third-order valence-electron chi connectivity index (χ3n) is 6.00. The van der Waals surface area contributed by atoms with Crippen molar-refractivity contribution in [2.75, 3.05) is 5.32 Å². The number of amides is 1. The molecule has 1 aromatic heterocycles. The van der Waals surface area contributed by atoms with Crippen molar-refractivity contribution < 1.29 is 9.90 Å². The number of hydrogen-bond acceptors (Lipinski definition) is 4. The van der Waals surface area contributed by atoms with Gasteiger partial charge in [0.2, 0.25) is 5.91 Å². The predicted molar refractivity (Wildman–Crippen MR) is 140 cm³/mol. The molecule has 0 unspecified atom stereocenters. The molecule has 6 heteroatoms. The van der Waals surface area contributed by atoms with Crippen molar-refractivity contribution in [3.05, 3.63) is 111 Å². The largest absolute Gasteiger partial charge is 0.392 e. The topological polar surface area (TPSA) is 75.1 Å². The second-order valence-corrected chi connectivity index (χ2v) is 8.93. The molecule has 0 radical (unpaired) electrons. The minimum absolute atomic E-state index is 0.00939. The first kappa shape index (κ1) is 23.0. The molecule has 4 aromatic rings. The smallest absolute Gasteiger partial charge is 0.230 e. The van der Waals surface area contributed by atoms with E-state index >= 15 is 0 Å². The van der Waals surface area contributed by atoms with Gasteiger partial charge in [-0.15, -0.1) is 0 Å². The summed E-state index contributed by atoms with van der Waals surface area (Å²) >= 11 is 5.97. The number of halogens is 1. The Morgan fingerprint density at radius 1 is 0.943 bits per heavy atom. The second-order valence-electron chi connectivity index (χ2n) is 8.50. The van der Waals surface area contributed by atoms with Gasteiger partial charge in [0.15, 0.2) is 5.82 Å². The molecule has 0 spiro atoms. The Hall–Kier alpha value is -3.80. The summed E-state index contributed by atoms with van der Waals surface area (Å²) in [6.45, 7) is 0.00939. The molecule has 3 aromatic carbocycles. The van der Waals surface area contributed by atoms with Crippen LogP contribution < -0.4 is 5.32 Å². The quantitative estimate of drug-likeness (QED) is 0.368. The summed E-state index contributed by atoms with van der Waals surface area (Å²) < 4.78 is 0. The number of aliphatic hydroxyl groups is 1. The zero-order valence-electron chi connectivity index (χ0n) is 19.0. The number of aliphatic hydroxyl groups excluding tert-OH is 1. The molecule has 0 aliphatic heterocycles. The van der Waals surface area contributed by atoms with E-state index in [4.69, 9.17) is 21.6 Å². The van der Waals surface area contributed by atoms with Crippen LogP contribution in [0.15, 0.2) is 72.8 Å². The number of anilines is 1. The molecule has 0 bridgehead atoms. The van der Waals surface area contributed by atoms with Gasteiger partial charge in [-0.25, -0.2) is 9.97 Å². The van der Waals surface area contributed by atoms with E-state index in [9.17, 15) is 9.90 Å². The van der Waals surface area contributed by atoms with Crippen LogP contribution in [-0.4, -0.2) is 21.0 Å². The van der Waals surface area contributed by atoms with Crippen LogP contribution in [0.1, 0.15) is 33.6 Å². The molecule has 0 saturated heterocycles. The third-order valence-corrected chi connectivity index (χ3v) is 6.25. The number of carbonyl (C=O) groups excluding carboxylic acids is 1. The molecular weight excluding hydrogens is 458 g/mol. The fourth-order valence-electron chi connectivity index (χ4n) is 4.22. The molecule has 0 atom stereocenters. The van der Waals surface area contributed by atoms with E-state index in [-0.39, 0.29) is 18.9 Å². The number of aryl methyl sites for hydroxylation is 2. The van der Waals surface area contributed by atoms with Gasteiger partial charge >= 0.3 is 0 Å². The van der Waals surface area contributed by atoms with Crippen LogP contribution in [0.5, 0.6) is 0 Å². The highest BCUT2D eigenvalue weighted by Gasteiger charge is 2.22. The van der Waals surface area contributed by atoms with Gasteiger partial charge in [0.05, 0.1) is 24.4 Å². The number of fused-ring (bicyclic) bond motifs is 3. The van der Waals surface area contributed by atoms with E-state index in [1.54, 1.807) is 12.1 Å². The van der Waals surface area contributed by atoms with Crippen LogP contribution in [0.3, 0.4) is 0 Å². The van der Waals surface area contributed by atoms with Crippen molar-refractivity contribution in [2.24, 2.45) is 0 Å². The summed E-state index contributed by atoms with van der Waals surface area (Å²) in [6, 6.07) is 23.1. The highest BCUT2D eigenvalue weighted by Crippen LogP contribution is 2.34. The van der Waals surface area contributed by atoms with E-state index in [1.807, 2.05) is 72.8 Å². The van der Waals surface area contributed by atoms with E-state index in [1.165, 1.54) is 0 Å². The summed E-state index contributed by atoms with van der Waals surface area (Å²) in [6.07, 6.45) is 5.58. The van der Waals surface area contributed by atoms with Crippen molar-refractivity contribution in [1.82, 2.24) is 9.97 Å². The summed E-state index contributed by atoms with van der Waals surface area (Å²) in [5, 5.41) is 13.1. The number of rotatable bonds is 6.